The van der Waals surface area contributed by atoms with Gasteiger partial charge < -0.3 is 9.30 Å². The molecule has 1 aromatic heterocycles. The highest BCUT2D eigenvalue weighted by Crippen LogP contribution is 2.20. The van der Waals surface area contributed by atoms with Gasteiger partial charge in [0.2, 0.25) is 0 Å². The van der Waals surface area contributed by atoms with Crippen LogP contribution in [0.2, 0.25) is 25.7 Å². The van der Waals surface area contributed by atoms with Gasteiger partial charge in [0.15, 0.2) is 0 Å². The maximum absolute atomic E-state index is 5.94. The van der Waals surface area contributed by atoms with Gasteiger partial charge in [-0.15, -0.1) is 0 Å². The largest absolute Gasteiger partial charge is 0.361 e. The first-order valence-corrected chi connectivity index (χ1v) is 12.4. The van der Waals surface area contributed by atoms with Gasteiger partial charge in [-0.2, -0.15) is 0 Å². The van der Waals surface area contributed by atoms with E-state index in [0.717, 1.165) is 30.1 Å². The molecule has 0 bridgehead atoms. The minimum atomic E-state index is -1.05. The summed E-state index contributed by atoms with van der Waals surface area (Å²) in [5, 5.41) is 0. The molecule has 0 amide bonds. The van der Waals surface area contributed by atoms with Gasteiger partial charge in [-0.05, 0) is 19.9 Å². The van der Waals surface area contributed by atoms with Crippen molar-refractivity contribution >= 4 is 8.07 Å². The Hall–Kier alpha value is -1.65. The van der Waals surface area contributed by atoms with Crippen molar-refractivity contribution in [1.29, 1.82) is 0 Å². The first-order valence-electron chi connectivity index (χ1n) is 8.68. The second kappa shape index (κ2) is 8.45. The van der Waals surface area contributed by atoms with Crippen LogP contribution in [0, 0.1) is 0 Å². The van der Waals surface area contributed by atoms with E-state index >= 15 is 0 Å². The lowest BCUT2D eigenvalue weighted by Gasteiger charge is -2.16. The number of allylic oxidation sites excluding steroid dienone is 2. The minimum absolute atomic E-state index is 0.566. The van der Waals surface area contributed by atoms with E-state index in [-0.39, 0.29) is 0 Å². The van der Waals surface area contributed by atoms with E-state index < -0.39 is 8.07 Å². The minimum Gasteiger partial charge on any atom is -0.361 e. The molecule has 130 valence electrons. The fraction of sp³-hybridized carbons (Fsp3) is 0.450. The SMILES string of the molecule is CC(C)=CCc1cn(COCC[Si](C)(C)C)c(-c2ccccc2)n1. The van der Waals surface area contributed by atoms with Crippen LogP contribution in [-0.2, 0) is 17.9 Å². The highest BCUT2D eigenvalue weighted by Gasteiger charge is 2.13. The second-order valence-electron chi connectivity index (χ2n) is 7.73. The number of rotatable bonds is 8. The van der Waals surface area contributed by atoms with Crippen LogP contribution in [0.15, 0.2) is 48.2 Å². The predicted octanol–water partition coefficient (Wildman–Crippen LogP) is 5.37. The smallest absolute Gasteiger partial charge is 0.142 e. The predicted molar refractivity (Wildman–Crippen MR) is 105 cm³/mol. The number of ether oxygens (including phenoxy) is 1. The van der Waals surface area contributed by atoms with Crippen LogP contribution in [0.4, 0.5) is 0 Å². The first-order chi connectivity index (χ1) is 11.3. The Morgan fingerprint density at radius 2 is 1.88 bits per heavy atom. The van der Waals surface area contributed by atoms with Crippen molar-refractivity contribution in [1.82, 2.24) is 9.55 Å². The van der Waals surface area contributed by atoms with Crippen LogP contribution in [0.5, 0.6) is 0 Å². The average molecular weight is 343 g/mol. The molecule has 0 radical (unpaired) electrons. The highest BCUT2D eigenvalue weighted by molar-refractivity contribution is 6.76. The molecule has 2 aromatic rings. The molecule has 0 aliphatic carbocycles. The summed E-state index contributed by atoms with van der Waals surface area (Å²) in [6.45, 7) is 12.8. The third-order valence-corrected chi connectivity index (χ3v) is 5.51. The zero-order valence-electron chi connectivity index (χ0n) is 15.7. The number of hydrogen-bond donors (Lipinski definition) is 0. The lowest BCUT2D eigenvalue weighted by Crippen LogP contribution is -2.22. The topological polar surface area (TPSA) is 27.1 Å². The van der Waals surface area contributed by atoms with Crippen LogP contribution in [0.3, 0.4) is 0 Å². The Morgan fingerprint density at radius 3 is 2.50 bits per heavy atom. The molecule has 0 atom stereocenters. The van der Waals surface area contributed by atoms with Crippen LogP contribution in [0.25, 0.3) is 11.4 Å². The van der Waals surface area contributed by atoms with E-state index in [2.05, 4.69) is 74.6 Å². The first kappa shape index (κ1) is 18.7. The van der Waals surface area contributed by atoms with Crippen molar-refractivity contribution in [3.8, 4) is 11.4 Å². The molecule has 0 aliphatic rings. The van der Waals surface area contributed by atoms with E-state index in [4.69, 9.17) is 9.72 Å². The fourth-order valence-corrected chi connectivity index (χ4v) is 3.09. The standard InChI is InChI=1S/C20H30N2OSi/c1-17(2)11-12-19-15-22(16-23-13-14-24(3,4)5)20(21-19)18-9-7-6-8-10-18/h6-11,15H,12-14,16H2,1-5H3. The molecule has 0 aliphatic heterocycles. The summed E-state index contributed by atoms with van der Waals surface area (Å²) in [6.07, 6.45) is 5.20. The molecule has 24 heavy (non-hydrogen) atoms. The molecule has 1 heterocycles. The van der Waals surface area contributed by atoms with Gasteiger partial charge in [0.25, 0.3) is 0 Å². The van der Waals surface area contributed by atoms with Gasteiger partial charge in [0, 0.05) is 32.9 Å². The number of benzene rings is 1. The number of hydrogen-bond acceptors (Lipinski definition) is 2. The Bertz CT molecular complexity index is 665. The molecular weight excluding hydrogens is 312 g/mol. The van der Waals surface area contributed by atoms with Crippen molar-refractivity contribution in [3.05, 3.63) is 53.9 Å². The maximum atomic E-state index is 5.94. The summed E-state index contributed by atoms with van der Waals surface area (Å²) in [5.41, 5.74) is 3.54. The lowest BCUT2D eigenvalue weighted by atomic mass is 10.2. The van der Waals surface area contributed by atoms with Gasteiger partial charge in [-0.3, -0.25) is 0 Å². The van der Waals surface area contributed by atoms with E-state index in [1.807, 2.05) is 6.07 Å². The van der Waals surface area contributed by atoms with Gasteiger partial charge in [0.05, 0.1) is 5.69 Å². The summed E-state index contributed by atoms with van der Waals surface area (Å²) in [5.74, 6) is 0.987. The monoisotopic (exact) mass is 342 g/mol. The van der Waals surface area contributed by atoms with Gasteiger partial charge >= 0.3 is 0 Å². The van der Waals surface area contributed by atoms with Gasteiger partial charge in [0.1, 0.15) is 12.6 Å². The van der Waals surface area contributed by atoms with Crippen molar-refractivity contribution in [2.24, 2.45) is 0 Å². The zero-order valence-corrected chi connectivity index (χ0v) is 16.7. The van der Waals surface area contributed by atoms with Crippen LogP contribution in [0.1, 0.15) is 19.5 Å². The van der Waals surface area contributed by atoms with Crippen LogP contribution >= 0.6 is 0 Å². The van der Waals surface area contributed by atoms with E-state index in [1.54, 1.807) is 0 Å². The molecule has 0 saturated heterocycles. The second-order valence-corrected chi connectivity index (χ2v) is 13.3. The number of nitrogens with zero attached hydrogens (tertiary/aromatic N) is 2. The molecule has 0 unspecified atom stereocenters. The normalized spacial score (nSPS) is 11.5. The summed E-state index contributed by atoms with van der Waals surface area (Å²) in [6, 6.07) is 11.5. The fourth-order valence-electron chi connectivity index (χ4n) is 2.33. The molecule has 0 N–H and O–H groups in total. The maximum Gasteiger partial charge on any atom is 0.142 e. The molecule has 0 fully saturated rings. The summed E-state index contributed by atoms with van der Waals surface area (Å²) >= 11 is 0. The van der Waals surface area contributed by atoms with Crippen molar-refractivity contribution < 1.29 is 4.74 Å². The zero-order chi connectivity index (χ0) is 17.6. The third kappa shape index (κ3) is 6.10. The summed E-state index contributed by atoms with van der Waals surface area (Å²) < 4.78 is 8.07. The highest BCUT2D eigenvalue weighted by atomic mass is 28.3. The van der Waals surface area contributed by atoms with Crippen LogP contribution in [-0.4, -0.2) is 24.2 Å². The van der Waals surface area contributed by atoms with Crippen molar-refractivity contribution in [2.45, 2.75) is 52.7 Å². The van der Waals surface area contributed by atoms with Gasteiger partial charge in [-0.1, -0.05) is 61.6 Å². The number of aromatic nitrogens is 2. The molecular formula is C20H30N2OSi. The molecule has 2 rings (SSSR count). The molecule has 1 aromatic carbocycles. The summed E-state index contributed by atoms with van der Waals surface area (Å²) in [7, 11) is -1.05. The van der Waals surface area contributed by atoms with Crippen LogP contribution < -0.4 is 0 Å². The molecule has 3 nitrogen and oxygen atoms in total. The van der Waals surface area contributed by atoms with E-state index in [0.29, 0.717) is 6.73 Å². The Labute approximate surface area is 147 Å². The van der Waals surface area contributed by atoms with Crippen molar-refractivity contribution in [3.63, 3.8) is 0 Å². The molecule has 4 heteroatoms. The van der Waals surface area contributed by atoms with Crippen molar-refractivity contribution in [2.75, 3.05) is 6.61 Å². The van der Waals surface area contributed by atoms with Gasteiger partial charge in [-0.25, -0.2) is 4.98 Å². The van der Waals surface area contributed by atoms with E-state index in [9.17, 15) is 0 Å². The Balaban J connectivity index is 2.13. The summed E-state index contributed by atoms with van der Waals surface area (Å²) in [4.78, 5) is 4.83. The van der Waals surface area contributed by atoms with E-state index in [1.165, 1.54) is 11.6 Å². The quantitative estimate of drug-likeness (QED) is 0.366. The third-order valence-electron chi connectivity index (χ3n) is 3.80. The lowest BCUT2D eigenvalue weighted by molar-refractivity contribution is 0.0882. The Kier molecular flexibility index (Phi) is 6.57. The molecule has 0 spiro atoms. The molecule has 0 saturated carbocycles. The average Bonchev–Trinajstić information content (AvgIpc) is 2.93. The number of imidazole rings is 1. The Morgan fingerprint density at radius 1 is 1.17 bits per heavy atom.